The Labute approximate surface area is 167 Å². The lowest BCUT2D eigenvalue weighted by atomic mass is 10.1. The number of aromatic nitrogens is 2. The zero-order chi connectivity index (χ0) is 19.7. The predicted molar refractivity (Wildman–Crippen MR) is 115 cm³/mol. The van der Waals surface area contributed by atoms with Crippen molar-refractivity contribution < 1.29 is 4.79 Å². The van der Waals surface area contributed by atoms with Crippen LogP contribution in [-0.2, 0) is 0 Å². The summed E-state index contributed by atoms with van der Waals surface area (Å²) >= 11 is 1.41. The molecule has 0 saturated heterocycles. The first-order chi connectivity index (χ1) is 13.5. The Kier molecular flexibility index (Phi) is 4.79. The van der Waals surface area contributed by atoms with Crippen LogP contribution < -0.4 is 5.43 Å². The molecule has 0 fully saturated rings. The van der Waals surface area contributed by atoms with E-state index in [1.807, 2.05) is 67.1 Å². The Morgan fingerprint density at radius 2 is 1.89 bits per heavy atom. The van der Waals surface area contributed by atoms with Gasteiger partial charge in [-0.25, -0.2) is 10.1 Å². The standard InChI is InChI=1S/C22H20N4OS/c1-14-9-10-17(15(2)11-14)13-23-24-21(27)20-12-19-16(3)25-26(22(19)28-20)18-7-5-4-6-8-18/h4-13H,1-3H3,(H,24,27)/b23-13+. The summed E-state index contributed by atoms with van der Waals surface area (Å²) < 4.78 is 1.88. The van der Waals surface area contributed by atoms with Crippen LogP contribution in [0.25, 0.3) is 15.9 Å². The van der Waals surface area contributed by atoms with Crippen molar-refractivity contribution in [3.63, 3.8) is 0 Å². The Balaban J connectivity index is 1.57. The van der Waals surface area contributed by atoms with Crippen LogP contribution in [0.1, 0.15) is 32.1 Å². The number of carbonyl (C=O) groups excluding carboxylic acids is 1. The highest BCUT2D eigenvalue weighted by molar-refractivity contribution is 7.20. The number of thiophene rings is 1. The van der Waals surface area contributed by atoms with E-state index in [0.29, 0.717) is 4.88 Å². The Morgan fingerprint density at radius 3 is 2.64 bits per heavy atom. The third-order valence-corrected chi connectivity index (χ3v) is 5.67. The van der Waals surface area contributed by atoms with Gasteiger partial charge in [-0.2, -0.15) is 10.2 Å². The molecule has 6 heteroatoms. The monoisotopic (exact) mass is 388 g/mol. The lowest BCUT2D eigenvalue weighted by Gasteiger charge is -2.02. The highest BCUT2D eigenvalue weighted by atomic mass is 32.1. The summed E-state index contributed by atoms with van der Waals surface area (Å²) in [5, 5.41) is 9.71. The molecule has 28 heavy (non-hydrogen) atoms. The molecule has 140 valence electrons. The number of hydrogen-bond donors (Lipinski definition) is 1. The molecule has 5 nitrogen and oxygen atoms in total. The molecule has 0 unspecified atom stereocenters. The van der Waals surface area contributed by atoms with Gasteiger partial charge in [-0.3, -0.25) is 4.79 Å². The minimum Gasteiger partial charge on any atom is -0.266 e. The summed E-state index contributed by atoms with van der Waals surface area (Å²) in [6, 6.07) is 17.9. The number of nitrogens with one attached hydrogen (secondary N) is 1. The quantitative estimate of drug-likeness (QED) is 0.404. The fourth-order valence-electron chi connectivity index (χ4n) is 3.09. The topological polar surface area (TPSA) is 59.3 Å². The number of para-hydroxylation sites is 1. The van der Waals surface area contributed by atoms with E-state index in [1.165, 1.54) is 16.9 Å². The molecule has 1 N–H and O–H groups in total. The Bertz CT molecular complexity index is 1190. The van der Waals surface area contributed by atoms with Crippen LogP contribution in [-0.4, -0.2) is 21.9 Å². The summed E-state index contributed by atoms with van der Waals surface area (Å²) in [4.78, 5) is 14.1. The number of benzene rings is 2. The third-order valence-electron chi connectivity index (χ3n) is 4.56. The number of amides is 1. The van der Waals surface area contributed by atoms with E-state index in [4.69, 9.17) is 0 Å². The molecule has 0 saturated carbocycles. The smallest absolute Gasteiger partial charge is 0.266 e. The van der Waals surface area contributed by atoms with Gasteiger partial charge in [0.1, 0.15) is 4.83 Å². The molecule has 2 heterocycles. The van der Waals surface area contributed by atoms with Crippen LogP contribution in [0.3, 0.4) is 0 Å². The maximum Gasteiger partial charge on any atom is 0.281 e. The summed E-state index contributed by atoms with van der Waals surface area (Å²) in [5.74, 6) is -0.221. The van der Waals surface area contributed by atoms with Crippen molar-refractivity contribution in [2.45, 2.75) is 20.8 Å². The zero-order valence-electron chi connectivity index (χ0n) is 15.9. The van der Waals surface area contributed by atoms with Gasteiger partial charge in [-0.15, -0.1) is 11.3 Å². The van der Waals surface area contributed by atoms with Gasteiger partial charge in [0.25, 0.3) is 5.91 Å². The molecule has 4 rings (SSSR count). The molecule has 0 spiro atoms. The average molecular weight is 388 g/mol. The Morgan fingerprint density at radius 1 is 1.11 bits per heavy atom. The lowest BCUT2D eigenvalue weighted by Crippen LogP contribution is -2.16. The maximum absolute atomic E-state index is 12.6. The van der Waals surface area contributed by atoms with Gasteiger partial charge < -0.3 is 0 Å². The van der Waals surface area contributed by atoms with E-state index in [-0.39, 0.29) is 5.91 Å². The molecule has 4 aromatic rings. The maximum atomic E-state index is 12.6. The molecule has 2 aromatic carbocycles. The molecule has 0 atom stereocenters. The molecular formula is C22H20N4OS. The summed E-state index contributed by atoms with van der Waals surface area (Å²) in [7, 11) is 0. The second-order valence-corrected chi connectivity index (χ2v) is 7.75. The summed E-state index contributed by atoms with van der Waals surface area (Å²) in [5.41, 5.74) is 7.81. The van der Waals surface area contributed by atoms with Gasteiger partial charge in [-0.05, 0) is 50.1 Å². The number of carbonyl (C=O) groups is 1. The van der Waals surface area contributed by atoms with Crippen LogP contribution in [0.15, 0.2) is 59.7 Å². The molecule has 0 aliphatic heterocycles. The van der Waals surface area contributed by atoms with Gasteiger partial charge in [0.05, 0.1) is 22.5 Å². The van der Waals surface area contributed by atoms with Crippen LogP contribution >= 0.6 is 11.3 Å². The molecule has 2 aromatic heterocycles. The van der Waals surface area contributed by atoms with Crippen molar-refractivity contribution in [2.75, 3.05) is 0 Å². The van der Waals surface area contributed by atoms with Gasteiger partial charge in [-0.1, -0.05) is 42.0 Å². The van der Waals surface area contributed by atoms with Crippen LogP contribution in [0.2, 0.25) is 0 Å². The first kappa shape index (κ1) is 18.1. The first-order valence-electron chi connectivity index (χ1n) is 8.98. The van der Waals surface area contributed by atoms with Gasteiger partial charge >= 0.3 is 0 Å². The largest absolute Gasteiger partial charge is 0.281 e. The third kappa shape index (κ3) is 3.46. The molecule has 0 aliphatic rings. The number of rotatable bonds is 4. The minimum atomic E-state index is -0.221. The second kappa shape index (κ2) is 7.40. The molecule has 0 aliphatic carbocycles. The summed E-state index contributed by atoms with van der Waals surface area (Å²) in [6.45, 7) is 6.03. The van der Waals surface area contributed by atoms with Crippen molar-refractivity contribution in [3.05, 3.63) is 81.9 Å². The number of hydrazone groups is 1. The van der Waals surface area contributed by atoms with Crippen molar-refractivity contribution >= 4 is 33.7 Å². The molecule has 0 radical (unpaired) electrons. The second-order valence-electron chi connectivity index (χ2n) is 6.72. The average Bonchev–Trinajstić information content (AvgIpc) is 3.25. The van der Waals surface area contributed by atoms with E-state index >= 15 is 0 Å². The fourth-order valence-corrected chi connectivity index (χ4v) is 4.16. The van der Waals surface area contributed by atoms with E-state index in [9.17, 15) is 4.79 Å². The van der Waals surface area contributed by atoms with Gasteiger partial charge in [0.2, 0.25) is 0 Å². The van der Waals surface area contributed by atoms with Crippen molar-refractivity contribution in [3.8, 4) is 5.69 Å². The van der Waals surface area contributed by atoms with E-state index < -0.39 is 0 Å². The van der Waals surface area contributed by atoms with E-state index in [1.54, 1.807) is 6.21 Å². The van der Waals surface area contributed by atoms with Crippen LogP contribution in [0.5, 0.6) is 0 Å². The minimum absolute atomic E-state index is 0.221. The van der Waals surface area contributed by atoms with Gasteiger partial charge in [0, 0.05) is 5.39 Å². The lowest BCUT2D eigenvalue weighted by molar-refractivity contribution is 0.0959. The first-order valence-corrected chi connectivity index (χ1v) is 9.80. The summed E-state index contributed by atoms with van der Waals surface area (Å²) in [6.07, 6.45) is 1.68. The fraction of sp³-hybridized carbons (Fsp3) is 0.136. The van der Waals surface area contributed by atoms with Crippen LogP contribution in [0, 0.1) is 20.8 Å². The zero-order valence-corrected chi connectivity index (χ0v) is 16.7. The van der Waals surface area contributed by atoms with E-state index in [0.717, 1.165) is 32.7 Å². The molecular weight excluding hydrogens is 368 g/mol. The van der Waals surface area contributed by atoms with Crippen molar-refractivity contribution in [1.82, 2.24) is 15.2 Å². The predicted octanol–water partition coefficient (Wildman–Crippen LogP) is 4.78. The Hall–Kier alpha value is -3.25. The van der Waals surface area contributed by atoms with Crippen molar-refractivity contribution in [2.24, 2.45) is 5.10 Å². The van der Waals surface area contributed by atoms with Crippen LogP contribution in [0.4, 0.5) is 0 Å². The normalized spacial score (nSPS) is 11.4. The molecule has 0 bridgehead atoms. The number of hydrogen-bond acceptors (Lipinski definition) is 4. The SMILES string of the molecule is Cc1ccc(/C=N/NC(=O)c2cc3c(C)nn(-c4ccccc4)c3s2)c(C)c1. The number of nitrogens with zero attached hydrogens (tertiary/aromatic N) is 3. The highest BCUT2D eigenvalue weighted by Crippen LogP contribution is 2.30. The highest BCUT2D eigenvalue weighted by Gasteiger charge is 2.16. The van der Waals surface area contributed by atoms with E-state index in [2.05, 4.69) is 28.6 Å². The van der Waals surface area contributed by atoms with Crippen molar-refractivity contribution in [1.29, 1.82) is 0 Å². The molecule has 1 amide bonds. The number of fused-ring (bicyclic) bond motifs is 1. The number of aryl methyl sites for hydroxylation is 3. The van der Waals surface area contributed by atoms with Gasteiger partial charge in [0.15, 0.2) is 0 Å².